The van der Waals surface area contributed by atoms with Crippen LogP contribution in [0.4, 0.5) is 0 Å². The molecule has 2 aliphatic rings. The summed E-state index contributed by atoms with van der Waals surface area (Å²) in [5, 5.41) is 9.05. The van der Waals surface area contributed by atoms with Gasteiger partial charge in [0.25, 0.3) is 0 Å². The lowest BCUT2D eigenvalue weighted by molar-refractivity contribution is -0.147. The van der Waals surface area contributed by atoms with E-state index in [0.717, 1.165) is 17.5 Å². The van der Waals surface area contributed by atoms with Crippen LogP contribution in [0.1, 0.15) is 61.8 Å². The number of benzene rings is 3. The van der Waals surface area contributed by atoms with Gasteiger partial charge in [0.15, 0.2) is 0 Å². The number of carbonyl (C=O) groups excluding carboxylic acids is 4. The molecule has 0 saturated carbocycles. The van der Waals surface area contributed by atoms with E-state index in [1.807, 2.05) is 78.9 Å². The van der Waals surface area contributed by atoms with Crippen LogP contribution in [0.15, 0.2) is 91.0 Å². The highest BCUT2D eigenvalue weighted by atomic mass is 16.2. The Morgan fingerprint density at radius 3 is 2.07 bits per heavy atom. The first-order valence-corrected chi connectivity index (χ1v) is 16.4. The van der Waals surface area contributed by atoms with Crippen LogP contribution in [0.2, 0.25) is 0 Å². The number of fused-ring (bicyclic) bond motifs is 1. The minimum absolute atomic E-state index is 0.0288. The van der Waals surface area contributed by atoms with Crippen LogP contribution in [0.3, 0.4) is 0 Å². The van der Waals surface area contributed by atoms with Crippen LogP contribution in [-0.4, -0.2) is 77.7 Å². The Balaban J connectivity index is 1.33. The van der Waals surface area contributed by atoms with Crippen molar-refractivity contribution in [3.05, 3.63) is 108 Å². The summed E-state index contributed by atoms with van der Waals surface area (Å²) >= 11 is 0. The number of aryl methyl sites for hydroxylation is 1. The third-order valence-electron chi connectivity index (χ3n) is 9.24. The minimum atomic E-state index is -0.961. The molecule has 46 heavy (non-hydrogen) atoms. The number of amides is 4. The predicted octanol–water partition coefficient (Wildman–Crippen LogP) is 3.60. The molecule has 0 spiro atoms. The molecule has 0 radical (unpaired) electrons. The lowest BCUT2D eigenvalue weighted by atomic mass is 9.98. The fourth-order valence-corrected chi connectivity index (χ4v) is 6.53. The molecule has 5 rings (SSSR count). The van der Waals surface area contributed by atoms with Gasteiger partial charge >= 0.3 is 0 Å². The van der Waals surface area contributed by atoms with Crippen molar-refractivity contribution in [1.82, 2.24) is 25.8 Å². The van der Waals surface area contributed by atoms with Gasteiger partial charge in [0.05, 0.1) is 12.1 Å². The van der Waals surface area contributed by atoms with Crippen molar-refractivity contribution < 1.29 is 19.2 Å². The normalized spacial score (nSPS) is 20.4. The smallest absolute Gasteiger partial charge is 0.247 e. The van der Waals surface area contributed by atoms with Gasteiger partial charge in [0, 0.05) is 25.6 Å². The van der Waals surface area contributed by atoms with Gasteiger partial charge in [-0.05, 0) is 62.8 Å². The maximum absolute atomic E-state index is 14.3. The monoisotopic (exact) mass is 623 g/mol. The molecule has 9 heteroatoms. The standard InChI is InChI=1S/C37H45N5O4/c1-26(38-2)35(44)39-31-25-41(33(43)20-12-15-27-13-6-3-7-14-27)24-23-30-21-22-32(42(30)37(31)46)36(45)40-34(28-16-8-4-9-17-28)29-18-10-5-11-19-29/h3-11,13-14,16-19,26,30-32,34,38H,12,15,20-25H2,1-2H3,(H,39,44)(H,40,45)/t26-,30+,31-,32-/m0/s1. The summed E-state index contributed by atoms with van der Waals surface area (Å²) in [7, 11) is 1.68. The summed E-state index contributed by atoms with van der Waals surface area (Å²) in [6.07, 6.45) is 3.58. The largest absolute Gasteiger partial charge is 0.343 e. The molecule has 2 fully saturated rings. The Hall–Kier alpha value is -4.50. The molecule has 0 aliphatic carbocycles. The fourth-order valence-electron chi connectivity index (χ4n) is 6.53. The minimum Gasteiger partial charge on any atom is -0.343 e. The fraction of sp³-hybridized carbons (Fsp3) is 0.405. The van der Waals surface area contributed by atoms with E-state index in [1.165, 1.54) is 5.56 Å². The van der Waals surface area contributed by atoms with Crippen molar-refractivity contribution in [2.45, 2.75) is 75.7 Å². The molecule has 9 nitrogen and oxygen atoms in total. The molecule has 242 valence electrons. The van der Waals surface area contributed by atoms with Gasteiger partial charge in [0.1, 0.15) is 12.1 Å². The van der Waals surface area contributed by atoms with Gasteiger partial charge in [0.2, 0.25) is 23.6 Å². The summed E-state index contributed by atoms with van der Waals surface area (Å²) in [6.45, 7) is 2.24. The Kier molecular flexibility index (Phi) is 11.2. The van der Waals surface area contributed by atoms with Crippen molar-refractivity contribution in [1.29, 1.82) is 0 Å². The van der Waals surface area contributed by atoms with E-state index in [-0.39, 0.29) is 42.3 Å². The Bertz CT molecular complexity index is 1430. The predicted molar refractivity (Wildman–Crippen MR) is 178 cm³/mol. The second kappa shape index (κ2) is 15.7. The van der Waals surface area contributed by atoms with E-state index >= 15 is 0 Å². The number of hydrogen-bond acceptors (Lipinski definition) is 5. The van der Waals surface area contributed by atoms with Crippen LogP contribution >= 0.6 is 0 Å². The summed E-state index contributed by atoms with van der Waals surface area (Å²) < 4.78 is 0. The van der Waals surface area contributed by atoms with Crippen molar-refractivity contribution in [2.24, 2.45) is 0 Å². The molecule has 0 aromatic heterocycles. The molecule has 4 atom stereocenters. The quantitative estimate of drug-likeness (QED) is 0.303. The molecule has 0 unspecified atom stereocenters. The van der Waals surface area contributed by atoms with E-state index in [4.69, 9.17) is 0 Å². The van der Waals surface area contributed by atoms with Gasteiger partial charge in [-0.25, -0.2) is 0 Å². The average Bonchev–Trinajstić information content (AvgIpc) is 3.51. The number of nitrogens with zero attached hydrogens (tertiary/aromatic N) is 2. The van der Waals surface area contributed by atoms with Gasteiger partial charge in [-0.15, -0.1) is 0 Å². The van der Waals surface area contributed by atoms with Crippen LogP contribution in [-0.2, 0) is 25.6 Å². The molecular weight excluding hydrogens is 578 g/mol. The van der Waals surface area contributed by atoms with Crippen molar-refractivity contribution in [3.63, 3.8) is 0 Å². The summed E-state index contributed by atoms with van der Waals surface area (Å²) in [4.78, 5) is 58.2. The zero-order chi connectivity index (χ0) is 32.5. The molecule has 3 N–H and O–H groups in total. The first-order valence-electron chi connectivity index (χ1n) is 16.4. The van der Waals surface area contributed by atoms with Crippen molar-refractivity contribution >= 4 is 23.6 Å². The maximum Gasteiger partial charge on any atom is 0.247 e. The summed E-state index contributed by atoms with van der Waals surface area (Å²) in [5.41, 5.74) is 3.07. The van der Waals surface area contributed by atoms with Crippen molar-refractivity contribution in [3.8, 4) is 0 Å². The van der Waals surface area contributed by atoms with Crippen LogP contribution in [0, 0.1) is 0 Å². The van der Waals surface area contributed by atoms with E-state index in [9.17, 15) is 19.2 Å². The zero-order valence-electron chi connectivity index (χ0n) is 26.7. The number of likely N-dealkylation sites (N-methyl/N-ethyl adjacent to an activating group) is 1. The van der Waals surface area contributed by atoms with E-state index in [1.54, 1.807) is 23.8 Å². The third kappa shape index (κ3) is 8.01. The summed E-state index contributed by atoms with van der Waals surface area (Å²) in [6, 6.07) is 26.9. The van der Waals surface area contributed by atoms with Gasteiger partial charge < -0.3 is 25.8 Å². The van der Waals surface area contributed by atoms with E-state index in [0.29, 0.717) is 38.6 Å². The third-order valence-corrected chi connectivity index (χ3v) is 9.24. The molecule has 2 heterocycles. The van der Waals surface area contributed by atoms with Gasteiger partial charge in [-0.1, -0.05) is 91.0 Å². The Morgan fingerprint density at radius 2 is 1.46 bits per heavy atom. The van der Waals surface area contributed by atoms with Gasteiger partial charge in [-0.3, -0.25) is 19.2 Å². The second-order valence-corrected chi connectivity index (χ2v) is 12.3. The van der Waals surface area contributed by atoms with Crippen molar-refractivity contribution in [2.75, 3.05) is 20.1 Å². The number of hydrogen-bond donors (Lipinski definition) is 3. The number of carbonyl (C=O) groups is 4. The SMILES string of the molecule is CN[C@@H](C)C(=O)N[C@H]1CN(C(=O)CCCc2ccccc2)CC[C@H]2CC[C@@H](C(=O)NC(c3ccccc3)c3ccccc3)N2C1=O. The Labute approximate surface area is 271 Å². The number of nitrogens with one attached hydrogen (secondary N) is 3. The molecule has 3 aromatic rings. The van der Waals surface area contributed by atoms with Gasteiger partial charge in [-0.2, -0.15) is 0 Å². The molecule has 0 bridgehead atoms. The van der Waals surface area contributed by atoms with Crippen LogP contribution in [0.25, 0.3) is 0 Å². The van der Waals surface area contributed by atoms with E-state index < -0.39 is 18.1 Å². The lowest BCUT2D eigenvalue weighted by Gasteiger charge is -2.39. The maximum atomic E-state index is 14.3. The molecular formula is C37H45N5O4. The molecule has 3 aromatic carbocycles. The highest BCUT2D eigenvalue weighted by Gasteiger charge is 2.45. The molecule has 2 saturated heterocycles. The first kappa shape index (κ1) is 32.9. The van der Waals surface area contributed by atoms with Crippen LogP contribution < -0.4 is 16.0 Å². The molecule has 2 aliphatic heterocycles. The number of rotatable bonds is 11. The highest BCUT2D eigenvalue weighted by molar-refractivity contribution is 5.94. The Morgan fingerprint density at radius 1 is 0.848 bits per heavy atom. The average molecular weight is 624 g/mol. The molecule has 4 amide bonds. The first-order chi connectivity index (χ1) is 22.4. The summed E-state index contributed by atoms with van der Waals surface area (Å²) in [5.74, 6) is -0.907. The highest BCUT2D eigenvalue weighted by Crippen LogP contribution is 2.31. The topological polar surface area (TPSA) is 111 Å². The second-order valence-electron chi connectivity index (χ2n) is 12.3. The van der Waals surface area contributed by atoms with Crippen LogP contribution in [0.5, 0.6) is 0 Å². The van der Waals surface area contributed by atoms with E-state index in [2.05, 4.69) is 28.1 Å². The zero-order valence-corrected chi connectivity index (χ0v) is 26.7. The lowest BCUT2D eigenvalue weighted by Crippen LogP contribution is -2.62.